The van der Waals surface area contributed by atoms with Crippen molar-refractivity contribution < 1.29 is 14.4 Å². The van der Waals surface area contributed by atoms with Crippen LogP contribution < -0.4 is 0 Å². The van der Waals surface area contributed by atoms with E-state index >= 15 is 0 Å². The second-order valence-electron chi connectivity index (χ2n) is 3.98. The van der Waals surface area contributed by atoms with Crippen molar-refractivity contribution in [3.05, 3.63) is 35.4 Å². The summed E-state index contributed by atoms with van der Waals surface area (Å²) < 4.78 is 4.98. The lowest BCUT2D eigenvalue weighted by Gasteiger charge is -2.25. The van der Waals surface area contributed by atoms with Crippen molar-refractivity contribution in [3.63, 3.8) is 0 Å². The highest BCUT2D eigenvalue weighted by Crippen LogP contribution is 2.27. The molecular formula is C13H17NO3. The van der Waals surface area contributed by atoms with Gasteiger partial charge in [0.1, 0.15) is 0 Å². The largest absolute Gasteiger partial charge is 0.448 e. The van der Waals surface area contributed by atoms with Gasteiger partial charge in [-0.05, 0) is 31.4 Å². The maximum Gasteiger partial charge on any atom is 0.434 e. The monoisotopic (exact) mass is 235 g/mol. The van der Waals surface area contributed by atoms with E-state index in [4.69, 9.17) is 9.57 Å². The average molecular weight is 235 g/mol. The van der Waals surface area contributed by atoms with Gasteiger partial charge in [-0.25, -0.2) is 4.79 Å². The fourth-order valence-electron chi connectivity index (χ4n) is 2.06. The Balaban J connectivity index is 2.25. The molecule has 2 rings (SSSR count). The summed E-state index contributed by atoms with van der Waals surface area (Å²) in [7, 11) is 0. The van der Waals surface area contributed by atoms with Crippen molar-refractivity contribution in [2.45, 2.75) is 26.3 Å². The minimum atomic E-state index is -0.420. The normalized spacial score (nSPS) is 19.4. The third kappa shape index (κ3) is 2.42. The van der Waals surface area contributed by atoms with E-state index in [9.17, 15) is 4.79 Å². The van der Waals surface area contributed by atoms with Gasteiger partial charge in [-0.15, -0.1) is 0 Å². The fraction of sp³-hybridized carbons (Fsp3) is 0.462. The quantitative estimate of drug-likeness (QED) is 0.751. The van der Waals surface area contributed by atoms with Gasteiger partial charge >= 0.3 is 6.09 Å². The predicted molar refractivity (Wildman–Crippen MR) is 63.4 cm³/mol. The molecule has 1 aliphatic heterocycles. The highest BCUT2D eigenvalue weighted by atomic mass is 16.7. The Bertz CT molecular complexity index is 405. The third-order valence-electron chi connectivity index (χ3n) is 2.91. The minimum absolute atomic E-state index is 0.118. The van der Waals surface area contributed by atoms with Crippen molar-refractivity contribution >= 4 is 6.09 Å². The fourth-order valence-corrected chi connectivity index (χ4v) is 2.06. The molecule has 0 radical (unpaired) electrons. The van der Waals surface area contributed by atoms with Gasteiger partial charge in [0.25, 0.3) is 0 Å². The van der Waals surface area contributed by atoms with Crippen LogP contribution >= 0.6 is 0 Å². The van der Waals surface area contributed by atoms with E-state index in [0.29, 0.717) is 13.2 Å². The third-order valence-corrected chi connectivity index (χ3v) is 2.91. The predicted octanol–water partition coefficient (Wildman–Crippen LogP) is 2.69. The summed E-state index contributed by atoms with van der Waals surface area (Å²) in [5, 5.41) is 1.33. The number of amides is 1. The van der Waals surface area contributed by atoms with Gasteiger partial charge in [0.05, 0.1) is 19.3 Å². The molecule has 4 heteroatoms. The number of rotatable bonds is 1. The second-order valence-corrected chi connectivity index (χ2v) is 3.98. The molecular weight excluding hydrogens is 218 g/mol. The van der Waals surface area contributed by atoms with Crippen LogP contribution in [0.2, 0.25) is 0 Å². The van der Waals surface area contributed by atoms with E-state index in [1.165, 1.54) is 10.6 Å². The molecule has 0 bridgehead atoms. The zero-order valence-corrected chi connectivity index (χ0v) is 10.2. The second kappa shape index (κ2) is 5.19. The van der Waals surface area contributed by atoms with Gasteiger partial charge < -0.3 is 4.74 Å². The van der Waals surface area contributed by atoms with Gasteiger partial charge in [-0.3, -0.25) is 4.84 Å². The summed E-state index contributed by atoms with van der Waals surface area (Å²) in [6.07, 6.45) is 0.396. The average Bonchev–Trinajstić information content (AvgIpc) is 2.50. The topological polar surface area (TPSA) is 38.8 Å². The molecule has 4 nitrogen and oxygen atoms in total. The van der Waals surface area contributed by atoms with Crippen LogP contribution in [0.3, 0.4) is 0 Å². The summed E-state index contributed by atoms with van der Waals surface area (Å²) in [6.45, 7) is 4.59. The van der Waals surface area contributed by atoms with Gasteiger partial charge in [0.15, 0.2) is 0 Å². The van der Waals surface area contributed by atoms with E-state index in [1.807, 2.05) is 25.1 Å². The molecule has 0 aromatic heterocycles. The summed E-state index contributed by atoms with van der Waals surface area (Å²) in [6, 6.07) is 7.97. The summed E-state index contributed by atoms with van der Waals surface area (Å²) >= 11 is 0. The van der Waals surface area contributed by atoms with Crippen molar-refractivity contribution in [1.29, 1.82) is 0 Å². The number of carbonyl (C=O) groups is 1. The number of carbonyl (C=O) groups excluding carboxylic acids is 1. The highest BCUT2D eigenvalue weighted by Gasteiger charge is 2.27. The molecule has 1 unspecified atom stereocenters. The van der Waals surface area contributed by atoms with Crippen molar-refractivity contribution in [3.8, 4) is 0 Å². The van der Waals surface area contributed by atoms with Gasteiger partial charge in [-0.2, -0.15) is 5.06 Å². The lowest BCUT2D eigenvalue weighted by atomic mass is 10.00. The first-order chi connectivity index (χ1) is 8.24. The van der Waals surface area contributed by atoms with Crippen LogP contribution in [-0.4, -0.2) is 24.4 Å². The molecule has 17 heavy (non-hydrogen) atoms. The van der Waals surface area contributed by atoms with E-state index < -0.39 is 6.09 Å². The number of hydrogen-bond donors (Lipinski definition) is 0. The minimum Gasteiger partial charge on any atom is -0.448 e. The van der Waals surface area contributed by atoms with Crippen LogP contribution in [0.4, 0.5) is 4.79 Å². The number of benzene rings is 1. The number of hydroxylamine groups is 2. The molecule has 1 heterocycles. The Morgan fingerprint density at radius 3 is 3.06 bits per heavy atom. The number of hydrogen-bond acceptors (Lipinski definition) is 3. The van der Waals surface area contributed by atoms with E-state index in [0.717, 1.165) is 12.0 Å². The van der Waals surface area contributed by atoms with Crippen molar-refractivity contribution in [1.82, 2.24) is 5.06 Å². The Kier molecular flexibility index (Phi) is 3.64. The van der Waals surface area contributed by atoms with Gasteiger partial charge in [-0.1, -0.05) is 24.3 Å². The molecule has 0 N–H and O–H groups in total. The van der Waals surface area contributed by atoms with Crippen LogP contribution in [0, 0.1) is 0 Å². The van der Waals surface area contributed by atoms with Crippen LogP contribution in [0.5, 0.6) is 0 Å². The Hall–Kier alpha value is -1.55. The smallest absolute Gasteiger partial charge is 0.434 e. The SMILES string of the molecule is CCOC(=O)N1OCCc2ccccc2C1C. The molecule has 0 aliphatic carbocycles. The molecule has 92 valence electrons. The van der Waals surface area contributed by atoms with Gasteiger partial charge in [0.2, 0.25) is 0 Å². The van der Waals surface area contributed by atoms with E-state index in [1.54, 1.807) is 6.92 Å². The molecule has 1 aromatic rings. The Labute approximate surface area is 101 Å². The summed E-state index contributed by atoms with van der Waals surface area (Å²) in [5.74, 6) is 0. The molecule has 1 amide bonds. The molecule has 1 aromatic carbocycles. The molecule has 0 fully saturated rings. The molecule has 1 atom stereocenters. The standard InChI is InChI=1S/C13H17NO3/c1-3-16-13(15)14-10(2)12-7-5-4-6-11(12)8-9-17-14/h4-7,10H,3,8-9H2,1-2H3. The van der Waals surface area contributed by atoms with Crippen LogP contribution in [0.15, 0.2) is 24.3 Å². The number of fused-ring (bicyclic) bond motifs is 1. The lowest BCUT2D eigenvalue weighted by molar-refractivity contribution is -0.154. The maximum absolute atomic E-state index is 11.7. The van der Waals surface area contributed by atoms with Crippen molar-refractivity contribution in [2.75, 3.05) is 13.2 Å². The van der Waals surface area contributed by atoms with E-state index in [2.05, 4.69) is 6.07 Å². The van der Waals surface area contributed by atoms with Gasteiger partial charge in [0, 0.05) is 0 Å². The maximum atomic E-state index is 11.7. The number of ether oxygens (including phenoxy) is 1. The summed E-state index contributed by atoms with van der Waals surface area (Å²) in [5.41, 5.74) is 2.35. The Morgan fingerprint density at radius 2 is 2.29 bits per heavy atom. The Morgan fingerprint density at radius 1 is 1.53 bits per heavy atom. The molecule has 0 saturated carbocycles. The van der Waals surface area contributed by atoms with Crippen LogP contribution in [0.1, 0.15) is 31.0 Å². The molecule has 1 aliphatic rings. The summed E-state index contributed by atoms with van der Waals surface area (Å²) in [4.78, 5) is 17.2. The van der Waals surface area contributed by atoms with Crippen molar-refractivity contribution in [2.24, 2.45) is 0 Å². The molecule has 0 spiro atoms. The molecule has 0 saturated heterocycles. The first-order valence-electron chi connectivity index (χ1n) is 5.90. The first-order valence-corrected chi connectivity index (χ1v) is 5.90. The van der Waals surface area contributed by atoms with E-state index in [-0.39, 0.29) is 6.04 Å². The zero-order chi connectivity index (χ0) is 12.3. The lowest BCUT2D eigenvalue weighted by Crippen LogP contribution is -2.33. The first kappa shape index (κ1) is 11.9. The number of nitrogens with zero attached hydrogens (tertiary/aromatic N) is 1. The highest BCUT2D eigenvalue weighted by molar-refractivity contribution is 5.67. The van der Waals surface area contributed by atoms with Crippen LogP contribution in [0.25, 0.3) is 0 Å². The van der Waals surface area contributed by atoms with Crippen LogP contribution in [-0.2, 0) is 16.0 Å². The zero-order valence-electron chi connectivity index (χ0n) is 10.2.